The van der Waals surface area contributed by atoms with Crippen LogP contribution in [0.15, 0.2) is 79.0 Å². The van der Waals surface area contributed by atoms with Crippen molar-refractivity contribution in [2.45, 2.75) is 52.7 Å². The third-order valence-electron chi connectivity index (χ3n) is 7.99. The zero-order valence-corrected chi connectivity index (χ0v) is 23.7. The van der Waals surface area contributed by atoms with Crippen molar-refractivity contribution >= 4 is 10.9 Å². The molecule has 36 heavy (non-hydrogen) atoms. The first-order chi connectivity index (χ1) is 16.7. The predicted octanol–water partition coefficient (Wildman–Crippen LogP) is 6.29. The zero-order valence-electron chi connectivity index (χ0n) is 21.4. The van der Waals surface area contributed by atoms with E-state index in [1.165, 1.54) is 0 Å². The molecular weight excluding hydrogens is 625 g/mol. The fourth-order valence-electron chi connectivity index (χ4n) is 6.27. The average Bonchev–Trinajstić information content (AvgIpc) is 3.41. The summed E-state index contributed by atoms with van der Waals surface area (Å²) in [7, 11) is 0. The van der Waals surface area contributed by atoms with Crippen molar-refractivity contribution in [1.82, 2.24) is 9.55 Å². The Morgan fingerprint density at radius 2 is 1.39 bits per heavy atom. The Hall–Kier alpha value is -2.30. The van der Waals surface area contributed by atoms with Gasteiger partial charge in [0.1, 0.15) is 0 Å². The second kappa shape index (κ2) is 10.2. The molecule has 5 heteroatoms. The Kier molecular flexibility index (Phi) is 7.60. The third kappa shape index (κ3) is 4.82. The first-order valence-electron chi connectivity index (χ1n) is 12.5. The van der Waals surface area contributed by atoms with Gasteiger partial charge in [0.15, 0.2) is 0 Å². The van der Waals surface area contributed by atoms with E-state index >= 15 is 0 Å². The molecule has 2 heterocycles. The Morgan fingerprint density at radius 3 is 1.97 bits per heavy atom. The van der Waals surface area contributed by atoms with Gasteiger partial charge in [0.2, 0.25) is 0 Å². The van der Waals surface area contributed by atoms with Crippen molar-refractivity contribution in [1.29, 1.82) is 0 Å². The van der Waals surface area contributed by atoms with E-state index < -0.39 is 0 Å². The molecule has 2 fully saturated rings. The molecule has 4 aromatic rings. The molecule has 2 aliphatic carbocycles. The summed E-state index contributed by atoms with van der Waals surface area (Å²) >= 11 is 0. The molecular formula is C31H35IrN2O2-. The topological polar surface area (TPSA) is 58.3 Å². The number of rotatable bonds is 2. The Balaban J connectivity index is 0.000000178. The Morgan fingerprint density at radius 1 is 0.806 bits per heavy atom. The fraction of sp³-hybridized carbons (Fsp3) is 0.387. The first kappa shape index (κ1) is 26.8. The summed E-state index contributed by atoms with van der Waals surface area (Å²) in [5, 5.41) is 21.4. The van der Waals surface area contributed by atoms with E-state index in [9.17, 15) is 10.2 Å². The summed E-state index contributed by atoms with van der Waals surface area (Å²) in [5.41, 5.74) is 4.17. The van der Waals surface area contributed by atoms with Crippen LogP contribution in [-0.4, -0.2) is 32.0 Å². The number of benzene rings is 2. The minimum Gasteiger partial charge on any atom is -0.392 e. The molecule has 0 spiro atoms. The van der Waals surface area contributed by atoms with Crippen molar-refractivity contribution < 1.29 is 30.3 Å². The number of pyridine rings is 1. The molecule has 1 radical (unpaired) electrons. The quantitative estimate of drug-likeness (QED) is 0.249. The van der Waals surface area contributed by atoms with Crippen LogP contribution < -0.4 is 0 Å². The van der Waals surface area contributed by atoms with Gasteiger partial charge in [0.25, 0.3) is 0 Å². The van der Waals surface area contributed by atoms with Crippen LogP contribution in [0.25, 0.3) is 28.0 Å². The van der Waals surface area contributed by atoms with Crippen LogP contribution in [0.3, 0.4) is 0 Å². The normalized spacial score (nSPS) is 25.5. The first-order valence-corrected chi connectivity index (χ1v) is 12.5. The summed E-state index contributed by atoms with van der Waals surface area (Å²) in [6.07, 6.45) is 3.27. The molecule has 0 aliphatic heterocycles. The summed E-state index contributed by atoms with van der Waals surface area (Å²) in [6, 6.07) is 28.1. The van der Waals surface area contributed by atoms with Crippen molar-refractivity contribution in [3.8, 4) is 17.1 Å². The van der Waals surface area contributed by atoms with Crippen molar-refractivity contribution in [2.24, 2.45) is 22.7 Å². The number of nitrogens with zero attached hydrogens (tertiary/aromatic N) is 2. The minimum absolute atomic E-state index is 0. The van der Waals surface area contributed by atoms with Gasteiger partial charge in [-0.05, 0) is 59.0 Å². The maximum Gasteiger partial charge on any atom is 0.0646 e. The molecule has 2 aromatic heterocycles. The summed E-state index contributed by atoms with van der Waals surface area (Å²) < 4.78 is 2.21. The molecule has 2 aromatic carbocycles. The molecule has 2 unspecified atom stereocenters. The Bertz CT molecular complexity index is 1280. The monoisotopic (exact) mass is 660 g/mol. The maximum absolute atomic E-state index is 10.2. The molecule has 0 amide bonds. The molecule has 191 valence electrons. The van der Waals surface area contributed by atoms with Gasteiger partial charge in [0, 0.05) is 43.6 Å². The van der Waals surface area contributed by atoms with Crippen LogP contribution in [0.4, 0.5) is 0 Å². The van der Waals surface area contributed by atoms with Gasteiger partial charge >= 0.3 is 0 Å². The maximum atomic E-state index is 10.2. The van der Waals surface area contributed by atoms with Crippen LogP contribution in [0.5, 0.6) is 0 Å². The van der Waals surface area contributed by atoms with Gasteiger partial charge in [-0.3, -0.25) is 0 Å². The van der Waals surface area contributed by atoms with E-state index in [0.717, 1.165) is 40.8 Å². The van der Waals surface area contributed by atoms with Gasteiger partial charge in [-0.2, -0.15) is 0 Å². The molecule has 2 atom stereocenters. The van der Waals surface area contributed by atoms with E-state index in [0.29, 0.717) is 5.92 Å². The van der Waals surface area contributed by atoms with Crippen LogP contribution >= 0.6 is 0 Å². The number of para-hydroxylation sites is 2. The number of aliphatic hydroxyl groups is 2. The van der Waals surface area contributed by atoms with Crippen LogP contribution in [-0.2, 0) is 20.1 Å². The van der Waals surface area contributed by atoms with E-state index in [1.54, 1.807) is 0 Å². The number of aliphatic hydroxyl groups excluding tert-OH is 2. The van der Waals surface area contributed by atoms with Gasteiger partial charge in [-0.15, -0.1) is 23.6 Å². The number of aromatic nitrogens is 2. The number of hydrogen-bond acceptors (Lipinski definition) is 3. The van der Waals surface area contributed by atoms with E-state index in [-0.39, 0.29) is 49.1 Å². The molecule has 2 aliphatic rings. The van der Waals surface area contributed by atoms with Crippen molar-refractivity contribution in [2.75, 3.05) is 0 Å². The van der Waals surface area contributed by atoms with E-state index in [4.69, 9.17) is 0 Å². The van der Waals surface area contributed by atoms with E-state index in [2.05, 4.69) is 73.6 Å². The molecule has 2 saturated carbocycles. The fourth-order valence-corrected chi connectivity index (χ4v) is 6.27. The van der Waals surface area contributed by atoms with Crippen LogP contribution in [0, 0.1) is 28.7 Å². The molecule has 6 rings (SSSR count). The molecule has 4 nitrogen and oxygen atoms in total. The van der Waals surface area contributed by atoms with Gasteiger partial charge < -0.3 is 19.8 Å². The largest absolute Gasteiger partial charge is 0.392 e. The SMILES string of the molecule is CC1(C)CC2CC(C)(C)C(O)C2C1O.[Ir].[c-]1c(-c2ccccn2)n(-c2ccccc2)c2ccccc12. The van der Waals surface area contributed by atoms with Gasteiger partial charge in [-0.1, -0.05) is 70.2 Å². The Labute approximate surface area is 227 Å². The van der Waals surface area contributed by atoms with Gasteiger partial charge in [0.05, 0.1) is 12.2 Å². The van der Waals surface area contributed by atoms with Gasteiger partial charge in [-0.25, -0.2) is 0 Å². The van der Waals surface area contributed by atoms with E-state index in [1.807, 2.05) is 48.7 Å². The van der Waals surface area contributed by atoms with Crippen molar-refractivity contribution in [3.63, 3.8) is 0 Å². The average molecular weight is 660 g/mol. The predicted molar refractivity (Wildman–Crippen MR) is 141 cm³/mol. The summed E-state index contributed by atoms with van der Waals surface area (Å²) in [4.78, 5) is 4.48. The standard InChI is InChI=1S/C19H13N2.C12H22O2.Ir/c1-2-9-16(10-3-1)21-18-12-5-4-8-15(18)14-19(21)17-11-6-7-13-20-17;1-11(2)5-7-6-12(3,4)10(14)8(7)9(11)13;/h1-13H;7-10,13-14H,5-6H2,1-4H3;/q-1;;. The summed E-state index contributed by atoms with van der Waals surface area (Å²) in [5.74, 6) is 0.630. The smallest absolute Gasteiger partial charge is 0.0646 e. The second-order valence-corrected chi connectivity index (χ2v) is 11.5. The number of fused-ring (bicyclic) bond motifs is 2. The van der Waals surface area contributed by atoms with Crippen LogP contribution in [0.2, 0.25) is 0 Å². The number of hydrogen-bond donors (Lipinski definition) is 2. The summed E-state index contributed by atoms with van der Waals surface area (Å²) in [6.45, 7) is 8.43. The zero-order chi connectivity index (χ0) is 24.8. The van der Waals surface area contributed by atoms with Crippen LogP contribution in [0.1, 0.15) is 40.5 Å². The molecule has 0 saturated heterocycles. The third-order valence-corrected chi connectivity index (χ3v) is 7.99. The minimum atomic E-state index is -0.329. The molecule has 2 N–H and O–H groups in total. The molecule has 0 bridgehead atoms. The van der Waals surface area contributed by atoms with Crippen molar-refractivity contribution in [3.05, 3.63) is 85.1 Å². The second-order valence-electron chi connectivity index (χ2n) is 11.5.